The van der Waals surface area contributed by atoms with Gasteiger partial charge in [0.05, 0.1) is 6.04 Å². The van der Waals surface area contributed by atoms with E-state index in [2.05, 4.69) is 10.1 Å². The minimum absolute atomic E-state index is 0.268. The SMILES string of the molecule is CC(N)c1nc(-c2ccc(F)c3ccccc23)no1. The fraction of sp³-hybridized carbons (Fsp3) is 0.143. The molecule has 0 radical (unpaired) electrons. The molecule has 0 aliphatic carbocycles. The van der Waals surface area contributed by atoms with Crippen LogP contribution >= 0.6 is 0 Å². The van der Waals surface area contributed by atoms with Crippen LogP contribution in [0.25, 0.3) is 22.2 Å². The first-order chi connectivity index (χ1) is 9.16. The number of aromatic nitrogens is 2. The van der Waals surface area contributed by atoms with Crippen LogP contribution in [0.15, 0.2) is 40.9 Å². The Morgan fingerprint density at radius 3 is 2.58 bits per heavy atom. The summed E-state index contributed by atoms with van der Waals surface area (Å²) < 4.78 is 18.8. The number of hydrogen-bond acceptors (Lipinski definition) is 4. The van der Waals surface area contributed by atoms with Gasteiger partial charge in [-0.05, 0) is 24.4 Å². The molecule has 0 saturated heterocycles. The number of nitrogens with zero attached hydrogens (tertiary/aromatic N) is 2. The van der Waals surface area contributed by atoms with E-state index in [-0.39, 0.29) is 11.9 Å². The minimum Gasteiger partial charge on any atom is -0.337 e. The molecular formula is C14H12FN3O. The second-order valence-electron chi connectivity index (χ2n) is 4.39. The molecule has 2 N–H and O–H groups in total. The van der Waals surface area contributed by atoms with Gasteiger partial charge >= 0.3 is 0 Å². The van der Waals surface area contributed by atoms with Crippen molar-refractivity contribution in [3.8, 4) is 11.4 Å². The summed E-state index contributed by atoms with van der Waals surface area (Å²) in [7, 11) is 0. The first-order valence-corrected chi connectivity index (χ1v) is 5.93. The molecule has 1 atom stereocenters. The third kappa shape index (κ3) is 1.98. The first kappa shape index (κ1) is 11.8. The number of fused-ring (bicyclic) bond motifs is 1. The maximum absolute atomic E-state index is 13.7. The van der Waals surface area contributed by atoms with E-state index in [1.165, 1.54) is 6.07 Å². The van der Waals surface area contributed by atoms with E-state index in [0.717, 1.165) is 10.9 Å². The summed E-state index contributed by atoms with van der Waals surface area (Å²) in [5.74, 6) is 0.516. The molecule has 1 aromatic heterocycles. The predicted octanol–water partition coefficient (Wildman–Crippen LogP) is 3.05. The van der Waals surface area contributed by atoms with Gasteiger partial charge in [0.2, 0.25) is 11.7 Å². The lowest BCUT2D eigenvalue weighted by Gasteiger charge is -2.03. The van der Waals surface area contributed by atoms with Crippen LogP contribution in [-0.2, 0) is 0 Å². The highest BCUT2D eigenvalue weighted by molar-refractivity contribution is 5.95. The number of nitrogens with two attached hydrogens (primary N) is 1. The molecular weight excluding hydrogens is 245 g/mol. The summed E-state index contributed by atoms with van der Waals surface area (Å²) in [6.45, 7) is 1.76. The molecule has 19 heavy (non-hydrogen) atoms. The van der Waals surface area contributed by atoms with Gasteiger partial charge in [-0.1, -0.05) is 29.4 Å². The molecule has 96 valence electrons. The fourth-order valence-electron chi connectivity index (χ4n) is 1.99. The largest absolute Gasteiger partial charge is 0.337 e. The molecule has 0 fully saturated rings. The third-order valence-electron chi connectivity index (χ3n) is 2.94. The Labute approximate surface area is 109 Å². The molecule has 3 rings (SSSR count). The first-order valence-electron chi connectivity index (χ1n) is 5.93. The van der Waals surface area contributed by atoms with E-state index in [1.807, 2.05) is 12.1 Å². The summed E-state index contributed by atoms with van der Waals surface area (Å²) in [5, 5.41) is 5.18. The van der Waals surface area contributed by atoms with E-state index in [9.17, 15) is 4.39 Å². The quantitative estimate of drug-likeness (QED) is 0.766. The molecule has 0 aliphatic rings. The topological polar surface area (TPSA) is 64.9 Å². The Morgan fingerprint density at radius 1 is 1.16 bits per heavy atom. The van der Waals surface area contributed by atoms with Gasteiger partial charge in [-0.25, -0.2) is 4.39 Å². The zero-order chi connectivity index (χ0) is 13.4. The van der Waals surface area contributed by atoms with Crippen LogP contribution in [0.5, 0.6) is 0 Å². The zero-order valence-electron chi connectivity index (χ0n) is 10.3. The Morgan fingerprint density at radius 2 is 1.89 bits per heavy atom. The average molecular weight is 257 g/mol. The molecule has 0 spiro atoms. The highest BCUT2D eigenvalue weighted by atomic mass is 19.1. The fourth-order valence-corrected chi connectivity index (χ4v) is 1.99. The van der Waals surface area contributed by atoms with Gasteiger partial charge in [0.1, 0.15) is 5.82 Å². The monoisotopic (exact) mass is 257 g/mol. The molecule has 2 aromatic carbocycles. The van der Waals surface area contributed by atoms with E-state index < -0.39 is 0 Å². The number of hydrogen-bond donors (Lipinski definition) is 1. The van der Waals surface area contributed by atoms with Gasteiger partial charge in [-0.2, -0.15) is 4.98 Å². The van der Waals surface area contributed by atoms with Crippen molar-refractivity contribution in [3.05, 3.63) is 48.1 Å². The summed E-state index contributed by atoms with van der Waals surface area (Å²) in [6, 6.07) is 9.91. The van der Waals surface area contributed by atoms with Crippen molar-refractivity contribution in [2.75, 3.05) is 0 Å². The van der Waals surface area contributed by atoms with Crippen LogP contribution in [0, 0.1) is 5.82 Å². The van der Waals surface area contributed by atoms with Gasteiger partial charge in [-0.3, -0.25) is 0 Å². The van der Waals surface area contributed by atoms with E-state index in [4.69, 9.17) is 10.3 Å². The standard InChI is InChI=1S/C14H12FN3O/c1-8(16)14-17-13(18-19-14)11-6-7-12(15)10-5-3-2-4-9(10)11/h2-8H,16H2,1H3. The van der Waals surface area contributed by atoms with Crippen molar-refractivity contribution in [1.29, 1.82) is 0 Å². The van der Waals surface area contributed by atoms with Crippen LogP contribution < -0.4 is 5.73 Å². The lowest BCUT2D eigenvalue weighted by atomic mass is 10.0. The van der Waals surface area contributed by atoms with Crippen LogP contribution in [-0.4, -0.2) is 10.1 Å². The Hall–Kier alpha value is -2.27. The molecule has 1 unspecified atom stereocenters. The van der Waals surface area contributed by atoms with Crippen LogP contribution in [0.3, 0.4) is 0 Å². The summed E-state index contributed by atoms with van der Waals surface area (Å²) in [4.78, 5) is 4.23. The third-order valence-corrected chi connectivity index (χ3v) is 2.94. The molecule has 1 heterocycles. The molecule has 0 aliphatic heterocycles. The van der Waals surface area contributed by atoms with Crippen LogP contribution in [0.2, 0.25) is 0 Å². The number of rotatable bonds is 2. The Kier molecular flexibility index (Phi) is 2.76. The summed E-state index contributed by atoms with van der Waals surface area (Å²) >= 11 is 0. The van der Waals surface area contributed by atoms with Gasteiger partial charge in [0, 0.05) is 10.9 Å². The van der Waals surface area contributed by atoms with E-state index >= 15 is 0 Å². The van der Waals surface area contributed by atoms with Crippen LogP contribution in [0.1, 0.15) is 18.9 Å². The Bertz CT molecular complexity index is 736. The molecule has 0 bridgehead atoms. The normalized spacial score (nSPS) is 12.8. The minimum atomic E-state index is -0.326. The van der Waals surface area contributed by atoms with Gasteiger partial charge in [0.15, 0.2) is 0 Å². The molecule has 5 heteroatoms. The van der Waals surface area contributed by atoms with E-state index in [0.29, 0.717) is 17.1 Å². The maximum Gasteiger partial charge on any atom is 0.243 e. The molecule has 0 amide bonds. The lowest BCUT2D eigenvalue weighted by Crippen LogP contribution is -2.04. The highest BCUT2D eigenvalue weighted by Gasteiger charge is 2.14. The zero-order valence-corrected chi connectivity index (χ0v) is 10.3. The smallest absolute Gasteiger partial charge is 0.243 e. The van der Waals surface area contributed by atoms with Crippen molar-refractivity contribution in [2.45, 2.75) is 13.0 Å². The number of halogens is 1. The molecule has 4 nitrogen and oxygen atoms in total. The molecule has 0 saturated carbocycles. The second-order valence-corrected chi connectivity index (χ2v) is 4.39. The maximum atomic E-state index is 13.7. The average Bonchev–Trinajstić information content (AvgIpc) is 2.89. The summed E-state index contributed by atoms with van der Waals surface area (Å²) in [6.07, 6.45) is 0. The lowest BCUT2D eigenvalue weighted by molar-refractivity contribution is 0.362. The number of benzene rings is 2. The Balaban J connectivity index is 2.22. The van der Waals surface area contributed by atoms with Crippen molar-refractivity contribution in [3.63, 3.8) is 0 Å². The van der Waals surface area contributed by atoms with Crippen molar-refractivity contribution >= 4 is 10.8 Å². The highest BCUT2D eigenvalue weighted by Crippen LogP contribution is 2.28. The van der Waals surface area contributed by atoms with Gasteiger partial charge in [-0.15, -0.1) is 0 Å². The van der Waals surface area contributed by atoms with Gasteiger partial charge < -0.3 is 10.3 Å². The molecule has 3 aromatic rings. The second kappa shape index (κ2) is 4.44. The predicted molar refractivity (Wildman–Crippen MR) is 69.8 cm³/mol. The van der Waals surface area contributed by atoms with E-state index in [1.54, 1.807) is 25.1 Å². The van der Waals surface area contributed by atoms with Crippen molar-refractivity contribution in [1.82, 2.24) is 10.1 Å². The van der Waals surface area contributed by atoms with Crippen molar-refractivity contribution < 1.29 is 8.91 Å². The van der Waals surface area contributed by atoms with Gasteiger partial charge in [0.25, 0.3) is 0 Å². The summed E-state index contributed by atoms with van der Waals surface area (Å²) in [5.41, 5.74) is 6.41. The van der Waals surface area contributed by atoms with Crippen LogP contribution in [0.4, 0.5) is 4.39 Å². The van der Waals surface area contributed by atoms with Crippen molar-refractivity contribution in [2.24, 2.45) is 5.73 Å².